The first-order valence-corrected chi connectivity index (χ1v) is 12.6. The summed E-state index contributed by atoms with van der Waals surface area (Å²) in [6, 6.07) is 10.6. The normalized spacial score (nSPS) is 19.3. The number of para-hydroxylation sites is 1. The zero-order valence-electron chi connectivity index (χ0n) is 18.7. The van der Waals surface area contributed by atoms with Crippen molar-refractivity contribution in [2.45, 2.75) is 31.7 Å². The number of ether oxygens (including phenoxy) is 1. The van der Waals surface area contributed by atoms with E-state index in [4.69, 9.17) is 4.74 Å². The Morgan fingerprint density at radius 1 is 1.18 bits per heavy atom. The topological polar surface area (TPSA) is 134 Å². The van der Waals surface area contributed by atoms with Crippen molar-refractivity contribution in [3.05, 3.63) is 48.0 Å². The second-order valence-electron chi connectivity index (χ2n) is 8.13. The van der Waals surface area contributed by atoms with E-state index in [1.165, 1.54) is 11.4 Å². The molecule has 0 unspecified atom stereocenters. The highest BCUT2D eigenvalue weighted by Gasteiger charge is 2.29. The molecule has 1 atom stereocenters. The molecular weight excluding hydrogens is 460 g/mol. The van der Waals surface area contributed by atoms with E-state index in [-0.39, 0.29) is 36.3 Å². The van der Waals surface area contributed by atoms with Crippen LogP contribution >= 0.6 is 0 Å². The van der Waals surface area contributed by atoms with E-state index in [1.54, 1.807) is 42.5 Å². The molecule has 34 heavy (non-hydrogen) atoms. The fourth-order valence-electron chi connectivity index (χ4n) is 4.03. The average molecular weight is 487 g/mol. The molecule has 2 aliphatic heterocycles. The van der Waals surface area contributed by atoms with Gasteiger partial charge in [-0.2, -0.15) is 0 Å². The van der Waals surface area contributed by atoms with Crippen LogP contribution < -0.4 is 25.0 Å². The minimum Gasteiger partial charge on any atom is -0.494 e. The molecular formula is C23H26N4O6S. The minimum absolute atomic E-state index is 0.0146. The summed E-state index contributed by atoms with van der Waals surface area (Å²) >= 11 is 0. The lowest BCUT2D eigenvalue weighted by molar-refractivity contribution is -0.118. The van der Waals surface area contributed by atoms with Gasteiger partial charge in [-0.3, -0.25) is 18.7 Å². The number of nitrogens with one attached hydrogen (secondary N) is 3. The molecule has 2 aliphatic rings. The second-order valence-corrected chi connectivity index (χ2v) is 10.1. The van der Waals surface area contributed by atoms with E-state index >= 15 is 0 Å². The van der Waals surface area contributed by atoms with E-state index in [0.29, 0.717) is 41.3 Å². The van der Waals surface area contributed by atoms with E-state index in [0.717, 1.165) is 6.42 Å². The standard InChI is InChI=1S/C23H26N4O6S/c1-33-20-14-15(8-10-19(20)27-12-4-5-13-34(27,31)32)24-21(28)11-9-18-23(30)25-17-7-3-2-6-16(17)22(29)26-18/h2-3,6-8,10,14,18H,4-5,9,11-13H2,1H3,(H,24,28)(H,25,30)(H,26,29)/t18-/m0/s1. The van der Waals surface area contributed by atoms with Crippen LogP contribution in [0.3, 0.4) is 0 Å². The van der Waals surface area contributed by atoms with Crippen LogP contribution in [0.2, 0.25) is 0 Å². The molecule has 11 heteroatoms. The summed E-state index contributed by atoms with van der Waals surface area (Å²) in [6.07, 6.45) is 1.48. The third-order valence-corrected chi connectivity index (χ3v) is 7.65. The zero-order valence-corrected chi connectivity index (χ0v) is 19.5. The molecule has 0 aliphatic carbocycles. The smallest absolute Gasteiger partial charge is 0.254 e. The predicted molar refractivity (Wildman–Crippen MR) is 128 cm³/mol. The van der Waals surface area contributed by atoms with Gasteiger partial charge in [0.15, 0.2) is 0 Å². The maximum absolute atomic E-state index is 12.5. The molecule has 0 saturated carbocycles. The van der Waals surface area contributed by atoms with Crippen molar-refractivity contribution in [3.63, 3.8) is 0 Å². The summed E-state index contributed by atoms with van der Waals surface area (Å²) < 4.78 is 31.6. The van der Waals surface area contributed by atoms with E-state index in [2.05, 4.69) is 16.0 Å². The lowest BCUT2D eigenvalue weighted by Gasteiger charge is -2.29. The molecule has 10 nitrogen and oxygen atoms in total. The molecule has 180 valence electrons. The summed E-state index contributed by atoms with van der Waals surface area (Å²) in [4.78, 5) is 37.4. The van der Waals surface area contributed by atoms with Gasteiger partial charge in [0, 0.05) is 24.7 Å². The first kappa shape index (κ1) is 23.6. The number of nitrogens with zero attached hydrogens (tertiary/aromatic N) is 1. The number of hydrogen-bond acceptors (Lipinski definition) is 6. The lowest BCUT2D eigenvalue weighted by Crippen LogP contribution is -2.41. The molecule has 3 amide bonds. The Balaban J connectivity index is 1.39. The lowest BCUT2D eigenvalue weighted by atomic mass is 10.1. The molecule has 0 bridgehead atoms. The average Bonchev–Trinajstić information content (AvgIpc) is 2.93. The summed E-state index contributed by atoms with van der Waals surface area (Å²) in [7, 11) is -1.97. The quantitative estimate of drug-likeness (QED) is 0.573. The molecule has 2 aromatic carbocycles. The van der Waals surface area contributed by atoms with Gasteiger partial charge in [-0.1, -0.05) is 12.1 Å². The molecule has 0 aromatic heterocycles. The highest BCUT2D eigenvalue weighted by Crippen LogP contribution is 2.35. The predicted octanol–water partition coefficient (Wildman–Crippen LogP) is 2.09. The molecule has 0 radical (unpaired) electrons. The Morgan fingerprint density at radius 2 is 1.97 bits per heavy atom. The van der Waals surface area contributed by atoms with Gasteiger partial charge in [-0.15, -0.1) is 0 Å². The third kappa shape index (κ3) is 4.98. The Morgan fingerprint density at radius 3 is 2.74 bits per heavy atom. The first-order valence-electron chi connectivity index (χ1n) is 11.0. The monoisotopic (exact) mass is 486 g/mol. The highest BCUT2D eigenvalue weighted by molar-refractivity contribution is 7.92. The maximum Gasteiger partial charge on any atom is 0.254 e. The molecule has 3 N–H and O–H groups in total. The van der Waals surface area contributed by atoms with Gasteiger partial charge < -0.3 is 20.7 Å². The number of carbonyl (C=O) groups excluding carboxylic acids is 3. The van der Waals surface area contributed by atoms with E-state index in [1.807, 2.05) is 0 Å². The van der Waals surface area contributed by atoms with Gasteiger partial charge in [0.25, 0.3) is 5.91 Å². The number of amides is 3. The van der Waals surface area contributed by atoms with Crippen LogP contribution in [0.25, 0.3) is 0 Å². The molecule has 2 heterocycles. The van der Waals surface area contributed by atoms with Crippen LogP contribution in [-0.2, 0) is 19.6 Å². The fourth-order valence-corrected chi connectivity index (χ4v) is 5.68. The Kier molecular flexibility index (Phi) is 6.73. The minimum atomic E-state index is -3.41. The van der Waals surface area contributed by atoms with Crippen LogP contribution in [0.1, 0.15) is 36.0 Å². The number of fused-ring (bicyclic) bond motifs is 1. The number of anilines is 3. The third-order valence-electron chi connectivity index (χ3n) is 5.79. The maximum atomic E-state index is 12.5. The van der Waals surface area contributed by atoms with Gasteiger partial charge in [0.05, 0.1) is 29.8 Å². The van der Waals surface area contributed by atoms with Crippen LogP contribution in [0.15, 0.2) is 42.5 Å². The van der Waals surface area contributed by atoms with Crippen molar-refractivity contribution in [1.82, 2.24) is 5.32 Å². The Labute approximate surface area is 197 Å². The van der Waals surface area contributed by atoms with Crippen molar-refractivity contribution in [2.75, 3.05) is 34.3 Å². The van der Waals surface area contributed by atoms with Crippen molar-refractivity contribution >= 4 is 44.8 Å². The van der Waals surface area contributed by atoms with E-state index in [9.17, 15) is 22.8 Å². The van der Waals surface area contributed by atoms with Crippen LogP contribution in [0, 0.1) is 0 Å². The first-order chi connectivity index (χ1) is 16.3. The molecule has 1 saturated heterocycles. The Bertz CT molecular complexity index is 1230. The van der Waals surface area contributed by atoms with Gasteiger partial charge in [-0.25, -0.2) is 8.42 Å². The zero-order chi connectivity index (χ0) is 24.3. The van der Waals surface area contributed by atoms with Crippen LogP contribution in [-0.4, -0.2) is 51.6 Å². The SMILES string of the molecule is COc1cc(NC(=O)CC[C@@H]2NC(=O)c3ccccc3NC2=O)ccc1N1CCCCS1(=O)=O. The largest absolute Gasteiger partial charge is 0.494 e. The van der Waals surface area contributed by atoms with Crippen molar-refractivity contribution < 1.29 is 27.5 Å². The summed E-state index contributed by atoms with van der Waals surface area (Å²) in [6.45, 7) is 0.378. The number of methoxy groups -OCH3 is 1. The van der Waals surface area contributed by atoms with Gasteiger partial charge in [0.2, 0.25) is 21.8 Å². The summed E-state index contributed by atoms with van der Waals surface area (Å²) in [5.41, 5.74) is 1.66. The highest BCUT2D eigenvalue weighted by atomic mass is 32.2. The van der Waals surface area contributed by atoms with Crippen molar-refractivity contribution in [1.29, 1.82) is 0 Å². The van der Waals surface area contributed by atoms with Crippen molar-refractivity contribution in [2.24, 2.45) is 0 Å². The van der Waals surface area contributed by atoms with Crippen LogP contribution in [0.5, 0.6) is 5.75 Å². The summed E-state index contributed by atoms with van der Waals surface area (Å²) in [5.74, 6) is -0.710. The van der Waals surface area contributed by atoms with Crippen molar-refractivity contribution in [3.8, 4) is 5.75 Å². The van der Waals surface area contributed by atoms with E-state index < -0.39 is 16.1 Å². The van der Waals surface area contributed by atoms with Gasteiger partial charge in [0.1, 0.15) is 11.8 Å². The molecule has 2 aromatic rings. The number of benzene rings is 2. The van der Waals surface area contributed by atoms with Crippen LogP contribution in [0.4, 0.5) is 17.1 Å². The number of rotatable bonds is 6. The fraction of sp³-hybridized carbons (Fsp3) is 0.348. The summed E-state index contributed by atoms with van der Waals surface area (Å²) in [5, 5.41) is 8.11. The second kappa shape index (κ2) is 9.72. The molecule has 4 rings (SSSR count). The molecule has 0 spiro atoms. The van der Waals surface area contributed by atoms with Gasteiger partial charge in [-0.05, 0) is 43.5 Å². The number of sulfonamides is 1. The molecule has 1 fully saturated rings. The Hall–Kier alpha value is -3.60. The number of hydrogen-bond donors (Lipinski definition) is 3. The van der Waals surface area contributed by atoms with Gasteiger partial charge >= 0.3 is 0 Å². The number of carbonyl (C=O) groups is 3.